The molecule has 0 saturated carbocycles. The maximum absolute atomic E-state index is 13.1. The minimum atomic E-state index is -0.771. The molecule has 1 amide bonds. The van der Waals surface area contributed by atoms with Gasteiger partial charge in [0.25, 0.3) is 11.7 Å². The number of carbonyl (C=O) groups is 2. The number of aryl methyl sites for hydroxylation is 2. The third-order valence-corrected chi connectivity index (χ3v) is 5.41. The number of ether oxygens (including phenoxy) is 1. The number of pyridine rings is 1. The number of amides is 1. The van der Waals surface area contributed by atoms with E-state index in [0.717, 1.165) is 11.1 Å². The van der Waals surface area contributed by atoms with Crippen LogP contribution in [0.3, 0.4) is 0 Å². The second-order valence-corrected chi connectivity index (χ2v) is 7.47. The molecule has 2 aromatic carbocycles. The first kappa shape index (κ1) is 20.3. The van der Waals surface area contributed by atoms with Crippen LogP contribution >= 0.6 is 0 Å². The Kier molecular flexibility index (Phi) is 5.29. The first-order valence-electron chi connectivity index (χ1n) is 9.85. The fraction of sp³-hybridized carbons (Fsp3) is 0.160. The molecule has 1 aliphatic rings. The summed E-state index contributed by atoms with van der Waals surface area (Å²) in [5.41, 5.74) is 3.52. The number of hydrogen-bond acceptors (Lipinski definition) is 5. The van der Waals surface area contributed by atoms with Crippen molar-refractivity contribution >= 4 is 23.1 Å². The zero-order chi connectivity index (χ0) is 22.1. The van der Waals surface area contributed by atoms with Gasteiger partial charge in [-0.25, -0.2) is 0 Å². The number of aliphatic hydroxyl groups is 1. The highest BCUT2D eigenvalue weighted by molar-refractivity contribution is 6.51. The minimum Gasteiger partial charge on any atom is -0.507 e. The molecule has 3 aromatic rings. The van der Waals surface area contributed by atoms with E-state index in [1.165, 1.54) is 4.90 Å². The van der Waals surface area contributed by atoms with Crippen LogP contribution in [-0.4, -0.2) is 28.9 Å². The lowest BCUT2D eigenvalue weighted by Crippen LogP contribution is -2.29. The molecule has 1 aromatic heterocycles. The van der Waals surface area contributed by atoms with Crippen LogP contribution in [0.5, 0.6) is 5.75 Å². The zero-order valence-corrected chi connectivity index (χ0v) is 17.5. The Morgan fingerprint density at radius 3 is 2.42 bits per heavy atom. The molecule has 1 saturated heterocycles. The van der Waals surface area contributed by atoms with E-state index in [0.29, 0.717) is 22.6 Å². The van der Waals surface area contributed by atoms with E-state index in [1.807, 2.05) is 32.0 Å². The largest absolute Gasteiger partial charge is 0.507 e. The van der Waals surface area contributed by atoms with Gasteiger partial charge in [-0.05, 0) is 73.0 Å². The van der Waals surface area contributed by atoms with Crippen molar-refractivity contribution in [1.29, 1.82) is 0 Å². The highest BCUT2D eigenvalue weighted by Gasteiger charge is 2.47. The number of nitrogens with zero attached hydrogens (tertiary/aromatic N) is 2. The summed E-state index contributed by atoms with van der Waals surface area (Å²) in [7, 11) is 1.57. The molecule has 0 spiro atoms. The van der Waals surface area contributed by atoms with E-state index in [2.05, 4.69) is 4.98 Å². The van der Waals surface area contributed by atoms with Crippen molar-refractivity contribution in [2.24, 2.45) is 0 Å². The highest BCUT2D eigenvalue weighted by Crippen LogP contribution is 2.42. The van der Waals surface area contributed by atoms with Crippen LogP contribution in [0, 0.1) is 13.8 Å². The Hall–Kier alpha value is -3.93. The minimum absolute atomic E-state index is 0.0438. The molecule has 6 nitrogen and oxygen atoms in total. The summed E-state index contributed by atoms with van der Waals surface area (Å²) >= 11 is 0. The van der Waals surface area contributed by atoms with E-state index in [4.69, 9.17) is 4.74 Å². The predicted octanol–water partition coefficient (Wildman–Crippen LogP) is 4.33. The fourth-order valence-corrected chi connectivity index (χ4v) is 3.92. The van der Waals surface area contributed by atoms with Crippen LogP contribution < -0.4 is 9.64 Å². The number of methoxy groups -OCH3 is 1. The second-order valence-electron chi connectivity index (χ2n) is 7.47. The molecule has 156 valence electrons. The first-order valence-corrected chi connectivity index (χ1v) is 9.85. The molecule has 1 N–H and O–H groups in total. The van der Waals surface area contributed by atoms with Gasteiger partial charge in [0.05, 0.1) is 18.7 Å². The summed E-state index contributed by atoms with van der Waals surface area (Å²) in [4.78, 5) is 31.7. The first-order chi connectivity index (χ1) is 14.9. The molecule has 0 aliphatic carbocycles. The van der Waals surface area contributed by atoms with Crippen molar-refractivity contribution in [2.75, 3.05) is 12.0 Å². The van der Waals surface area contributed by atoms with E-state index >= 15 is 0 Å². The van der Waals surface area contributed by atoms with Gasteiger partial charge in [-0.3, -0.25) is 19.5 Å². The van der Waals surface area contributed by atoms with Gasteiger partial charge < -0.3 is 9.84 Å². The molecule has 4 rings (SSSR count). The molecule has 31 heavy (non-hydrogen) atoms. The Morgan fingerprint density at radius 2 is 1.77 bits per heavy atom. The van der Waals surface area contributed by atoms with Crippen LogP contribution in [0.2, 0.25) is 0 Å². The van der Waals surface area contributed by atoms with Gasteiger partial charge >= 0.3 is 0 Å². The summed E-state index contributed by atoms with van der Waals surface area (Å²) < 4.78 is 5.29. The summed E-state index contributed by atoms with van der Waals surface area (Å²) in [6.07, 6.45) is 3.20. The van der Waals surface area contributed by atoms with Crippen molar-refractivity contribution in [3.05, 3.63) is 94.8 Å². The van der Waals surface area contributed by atoms with Crippen molar-refractivity contribution in [1.82, 2.24) is 4.98 Å². The van der Waals surface area contributed by atoms with Crippen molar-refractivity contribution in [2.45, 2.75) is 19.9 Å². The number of rotatable bonds is 4. The van der Waals surface area contributed by atoms with Gasteiger partial charge in [-0.1, -0.05) is 12.1 Å². The maximum atomic E-state index is 13.1. The summed E-state index contributed by atoms with van der Waals surface area (Å²) in [6.45, 7) is 3.77. The Labute approximate surface area is 180 Å². The third-order valence-electron chi connectivity index (χ3n) is 5.41. The Bertz CT molecular complexity index is 1200. The number of ketones is 1. The molecule has 1 unspecified atom stereocenters. The number of Topliss-reactive ketones (excluding diaryl/α,β-unsaturated/α-hetero) is 1. The molecule has 0 radical (unpaired) electrons. The van der Waals surface area contributed by atoms with E-state index < -0.39 is 17.7 Å². The number of aromatic nitrogens is 1. The monoisotopic (exact) mass is 414 g/mol. The van der Waals surface area contributed by atoms with E-state index in [1.54, 1.807) is 55.9 Å². The summed E-state index contributed by atoms with van der Waals surface area (Å²) in [5, 5.41) is 11.2. The van der Waals surface area contributed by atoms with E-state index in [9.17, 15) is 14.7 Å². The second kappa shape index (κ2) is 8.07. The Morgan fingerprint density at radius 1 is 1.03 bits per heavy atom. The lowest BCUT2D eigenvalue weighted by molar-refractivity contribution is -0.132. The number of hydrogen-bond donors (Lipinski definition) is 1. The molecule has 1 aliphatic heterocycles. The van der Waals surface area contributed by atoms with Crippen LogP contribution in [0.15, 0.2) is 72.6 Å². The molecule has 6 heteroatoms. The van der Waals surface area contributed by atoms with Gasteiger partial charge in [0.15, 0.2) is 0 Å². The number of carbonyl (C=O) groups excluding carboxylic acids is 2. The Balaban J connectivity index is 1.93. The predicted molar refractivity (Wildman–Crippen MR) is 118 cm³/mol. The number of aliphatic hydroxyl groups excluding tert-OH is 1. The van der Waals surface area contributed by atoms with Crippen LogP contribution in [0.25, 0.3) is 5.76 Å². The topological polar surface area (TPSA) is 79.7 Å². The molecular formula is C25H22N2O4. The molecule has 0 bridgehead atoms. The van der Waals surface area contributed by atoms with Crippen molar-refractivity contribution in [3.8, 4) is 5.75 Å². The smallest absolute Gasteiger partial charge is 0.300 e. The maximum Gasteiger partial charge on any atom is 0.300 e. The lowest BCUT2D eigenvalue weighted by atomic mass is 9.95. The standard InChI is InChI=1S/C25H22N2O4/c1-15-5-4-6-19(13-15)27-22(17-9-11-26-12-10-17)21(24(29)25(27)30)23(28)18-7-8-20(31-3)16(2)14-18/h4-14,22,28H,1-3H3/b23-21-. The lowest BCUT2D eigenvalue weighted by Gasteiger charge is -2.25. The summed E-state index contributed by atoms with van der Waals surface area (Å²) in [6, 6.07) is 15.2. The van der Waals surface area contributed by atoms with Gasteiger partial charge in [0.1, 0.15) is 11.5 Å². The van der Waals surface area contributed by atoms with Gasteiger partial charge in [-0.2, -0.15) is 0 Å². The quantitative estimate of drug-likeness (QED) is 0.390. The van der Waals surface area contributed by atoms with Gasteiger partial charge in [0, 0.05) is 23.6 Å². The normalized spacial score (nSPS) is 17.8. The third kappa shape index (κ3) is 3.57. The SMILES string of the molecule is COc1ccc(/C(O)=C2/C(=O)C(=O)N(c3cccc(C)c3)C2c2ccncc2)cc1C. The molecule has 1 atom stereocenters. The average molecular weight is 414 g/mol. The van der Waals surface area contributed by atoms with Gasteiger partial charge in [-0.15, -0.1) is 0 Å². The highest BCUT2D eigenvalue weighted by atomic mass is 16.5. The van der Waals surface area contributed by atoms with Crippen LogP contribution in [0.4, 0.5) is 5.69 Å². The fourth-order valence-electron chi connectivity index (χ4n) is 3.92. The van der Waals surface area contributed by atoms with E-state index in [-0.39, 0.29) is 11.3 Å². The molecular weight excluding hydrogens is 392 g/mol. The van der Waals surface area contributed by atoms with Gasteiger partial charge in [0.2, 0.25) is 0 Å². The average Bonchev–Trinajstić information content (AvgIpc) is 3.04. The van der Waals surface area contributed by atoms with Crippen LogP contribution in [0.1, 0.15) is 28.3 Å². The molecule has 2 heterocycles. The molecule has 1 fully saturated rings. The summed E-state index contributed by atoms with van der Waals surface area (Å²) in [5.74, 6) is -0.961. The zero-order valence-electron chi connectivity index (χ0n) is 17.5. The number of anilines is 1. The van der Waals surface area contributed by atoms with Crippen LogP contribution in [-0.2, 0) is 9.59 Å². The number of benzene rings is 2. The van der Waals surface area contributed by atoms with Crippen molar-refractivity contribution in [3.63, 3.8) is 0 Å². The van der Waals surface area contributed by atoms with Crippen molar-refractivity contribution < 1.29 is 19.4 Å².